The van der Waals surface area contributed by atoms with Crippen LogP contribution in [0.25, 0.3) is 0 Å². The second-order valence-corrected chi connectivity index (χ2v) is 4.73. The van der Waals surface area contributed by atoms with Gasteiger partial charge in [-0.15, -0.1) is 0 Å². The maximum Gasteiger partial charge on any atom is 0.181 e. The van der Waals surface area contributed by atoms with Crippen LogP contribution in [0.15, 0.2) is 36.5 Å². The highest BCUT2D eigenvalue weighted by Gasteiger charge is 2.16. The Morgan fingerprint density at radius 1 is 1.32 bits per heavy atom. The third kappa shape index (κ3) is 3.02. The van der Waals surface area contributed by atoms with Crippen molar-refractivity contribution in [2.75, 3.05) is 5.73 Å². The van der Waals surface area contributed by atoms with Gasteiger partial charge in [-0.25, -0.2) is 0 Å². The molecule has 0 aliphatic rings. The van der Waals surface area contributed by atoms with E-state index in [0.717, 1.165) is 11.3 Å². The topological polar surface area (TPSA) is 60.9 Å². The fraction of sp³-hybridized carbons (Fsp3) is 0.333. The minimum atomic E-state index is 0.128. The van der Waals surface area contributed by atoms with Crippen LogP contribution in [0.1, 0.15) is 42.2 Å². The molecule has 0 aliphatic heterocycles. The van der Waals surface area contributed by atoms with Gasteiger partial charge in [0.05, 0.1) is 0 Å². The van der Waals surface area contributed by atoms with Crippen molar-refractivity contribution >= 4 is 11.5 Å². The van der Waals surface area contributed by atoms with Crippen molar-refractivity contribution in [3.8, 4) is 0 Å². The summed E-state index contributed by atoms with van der Waals surface area (Å²) in [5, 5.41) is 4.13. The molecule has 4 heteroatoms. The van der Waals surface area contributed by atoms with Crippen molar-refractivity contribution < 1.29 is 4.79 Å². The predicted molar refractivity (Wildman–Crippen MR) is 76.1 cm³/mol. The van der Waals surface area contributed by atoms with Crippen LogP contribution < -0.4 is 5.73 Å². The molecule has 0 fully saturated rings. The Bertz CT molecular complexity index is 557. The molecule has 0 radical (unpaired) electrons. The maximum absolute atomic E-state index is 12.3. The molecule has 1 aromatic carbocycles. The molecule has 2 rings (SSSR count). The third-order valence-electron chi connectivity index (χ3n) is 3.30. The second-order valence-electron chi connectivity index (χ2n) is 4.73. The fourth-order valence-electron chi connectivity index (χ4n) is 2.15. The molecule has 1 aromatic heterocycles. The summed E-state index contributed by atoms with van der Waals surface area (Å²) < 4.78 is 1.73. The molecule has 0 bridgehead atoms. The van der Waals surface area contributed by atoms with E-state index in [4.69, 9.17) is 5.73 Å². The van der Waals surface area contributed by atoms with Crippen LogP contribution in [-0.2, 0) is 6.54 Å². The van der Waals surface area contributed by atoms with Crippen LogP contribution in [0, 0.1) is 0 Å². The summed E-state index contributed by atoms with van der Waals surface area (Å²) in [6.07, 6.45) is 2.15. The van der Waals surface area contributed by atoms with E-state index in [9.17, 15) is 4.79 Å². The Balaban J connectivity index is 2.08. The van der Waals surface area contributed by atoms with Crippen LogP contribution in [0.3, 0.4) is 0 Å². The van der Waals surface area contributed by atoms with Gasteiger partial charge < -0.3 is 5.73 Å². The lowest BCUT2D eigenvalue weighted by molar-refractivity contribution is 0.0965. The smallest absolute Gasteiger partial charge is 0.181 e. The van der Waals surface area contributed by atoms with Crippen LogP contribution in [0.2, 0.25) is 0 Å². The fourth-order valence-corrected chi connectivity index (χ4v) is 2.15. The zero-order chi connectivity index (χ0) is 13.8. The van der Waals surface area contributed by atoms with Gasteiger partial charge in [-0.05, 0) is 36.6 Å². The number of hydrogen-bond donors (Lipinski definition) is 1. The first-order chi connectivity index (χ1) is 9.11. The molecule has 19 heavy (non-hydrogen) atoms. The number of aromatic nitrogens is 2. The molecular weight excluding hydrogens is 238 g/mol. The number of hydrogen-bond acceptors (Lipinski definition) is 3. The zero-order valence-corrected chi connectivity index (χ0v) is 11.3. The zero-order valence-electron chi connectivity index (χ0n) is 11.3. The Morgan fingerprint density at radius 3 is 2.63 bits per heavy atom. The molecule has 2 aromatic rings. The molecule has 4 nitrogen and oxygen atoms in total. The quantitative estimate of drug-likeness (QED) is 0.661. The van der Waals surface area contributed by atoms with E-state index >= 15 is 0 Å². The van der Waals surface area contributed by atoms with Gasteiger partial charge in [0.15, 0.2) is 5.78 Å². The second kappa shape index (κ2) is 5.69. The van der Waals surface area contributed by atoms with Gasteiger partial charge in [-0.1, -0.05) is 19.1 Å². The molecule has 0 aliphatic carbocycles. The Morgan fingerprint density at radius 2 is 2.00 bits per heavy atom. The van der Waals surface area contributed by atoms with E-state index in [1.807, 2.05) is 31.2 Å². The Hall–Kier alpha value is -2.10. The number of anilines is 1. The first-order valence-corrected chi connectivity index (χ1v) is 6.52. The summed E-state index contributed by atoms with van der Waals surface area (Å²) in [6, 6.07) is 9.47. The number of carbonyl (C=O) groups is 1. The van der Waals surface area contributed by atoms with Gasteiger partial charge in [0.1, 0.15) is 5.69 Å². The van der Waals surface area contributed by atoms with Gasteiger partial charge in [0.25, 0.3) is 0 Å². The van der Waals surface area contributed by atoms with E-state index in [1.165, 1.54) is 0 Å². The summed E-state index contributed by atoms with van der Waals surface area (Å²) in [5.74, 6) is 0.303. The average molecular weight is 257 g/mol. The first-order valence-electron chi connectivity index (χ1n) is 6.52. The number of nitrogen functional groups attached to an aromatic ring is 1. The highest BCUT2D eigenvalue weighted by Crippen LogP contribution is 2.22. The number of rotatable bonds is 5. The van der Waals surface area contributed by atoms with E-state index in [2.05, 4.69) is 12.0 Å². The lowest BCUT2D eigenvalue weighted by atomic mass is 9.94. The molecule has 2 N–H and O–H groups in total. The minimum absolute atomic E-state index is 0.128. The summed E-state index contributed by atoms with van der Waals surface area (Å²) in [5.41, 5.74) is 8.22. The number of nitrogens with two attached hydrogens (primary N) is 1. The van der Waals surface area contributed by atoms with Crippen LogP contribution in [-0.4, -0.2) is 15.6 Å². The summed E-state index contributed by atoms with van der Waals surface area (Å²) in [6.45, 7) is 4.74. The van der Waals surface area contributed by atoms with Crippen molar-refractivity contribution in [1.82, 2.24) is 9.78 Å². The van der Waals surface area contributed by atoms with Gasteiger partial charge in [-0.2, -0.15) is 5.10 Å². The number of benzene rings is 1. The number of carbonyl (C=O) groups excluding carboxylic acids is 1. The summed E-state index contributed by atoms with van der Waals surface area (Å²) in [7, 11) is 0. The number of aryl methyl sites for hydroxylation is 1. The maximum atomic E-state index is 12.3. The molecule has 0 amide bonds. The van der Waals surface area contributed by atoms with Crippen molar-refractivity contribution in [3.05, 3.63) is 47.8 Å². The van der Waals surface area contributed by atoms with Crippen molar-refractivity contribution in [2.24, 2.45) is 0 Å². The highest BCUT2D eigenvalue weighted by molar-refractivity contribution is 5.94. The van der Waals surface area contributed by atoms with Gasteiger partial charge in [0.2, 0.25) is 0 Å². The standard InChI is InChI=1S/C15H19N3O/c1-3-18-14(8-9-17-18)15(19)10-11(2)12-4-6-13(16)7-5-12/h4-9,11H,3,10,16H2,1-2H3. The monoisotopic (exact) mass is 257 g/mol. The molecular formula is C15H19N3O. The molecule has 1 atom stereocenters. The van der Waals surface area contributed by atoms with Crippen LogP contribution in [0.5, 0.6) is 0 Å². The average Bonchev–Trinajstić information content (AvgIpc) is 2.87. The number of Topliss-reactive ketones (excluding diaryl/α,β-unsaturated/α-hetero) is 1. The lowest BCUT2D eigenvalue weighted by Gasteiger charge is -2.12. The van der Waals surface area contributed by atoms with Crippen molar-refractivity contribution in [1.29, 1.82) is 0 Å². The number of nitrogens with zero attached hydrogens (tertiary/aromatic N) is 2. The van der Waals surface area contributed by atoms with E-state index in [-0.39, 0.29) is 11.7 Å². The Kier molecular flexibility index (Phi) is 4.00. The predicted octanol–water partition coefficient (Wildman–Crippen LogP) is 2.86. The minimum Gasteiger partial charge on any atom is -0.399 e. The SMILES string of the molecule is CCn1nccc1C(=O)CC(C)c1ccc(N)cc1. The molecule has 1 heterocycles. The van der Waals surface area contributed by atoms with Gasteiger partial charge in [-0.3, -0.25) is 9.48 Å². The van der Waals surface area contributed by atoms with Gasteiger partial charge >= 0.3 is 0 Å². The molecule has 0 saturated heterocycles. The molecule has 1 unspecified atom stereocenters. The van der Waals surface area contributed by atoms with Crippen LogP contribution in [0.4, 0.5) is 5.69 Å². The summed E-state index contributed by atoms with van der Waals surface area (Å²) in [4.78, 5) is 12.3. The van der Waals surface area contributed by atoms with Crippen molar-refractivity contribution in [3.63, 3.8) is 0 Å². The van der Waals surface area contributed by atoms with E-state index in [1.54, 1.807) is 16.9 Å². The largest absolute Gasteiger partial charge is 0.399 e. The molecule has 0 saturated carbocycles. The van der Waals surface area contributed by atoms with Crippen molar-refractivity contribution in [2.45, 2.75) is 32.7 Å². The molecule has 0 spiro atoms. The summed E-state index contributed by atoms with van der Waals surface area (Å²) >= 11 is 0. The van der Waals surface area contributed by atoms with E-state index < -0.39 is 0 Å². The van der Waals surface area contributed by atoms with Crippen LogP contribution >= 0.6 is 0 Å². The lowest BCUT2D eigenvalue weighted by Crippen LogP contribution is -2.12. The normalized spacial score (nSPS) is 12.3. The van der Waals surface area contributed by atoms with Gasteiger partial charge in [0, 0.05) is 24.8 Å². The van der Waals surface area contributed by atoms with E-state index in [0.29, 0.717) is 18.7 Å². The first kappa shape index (κ1) is 13.3. The molecule has 100 valence electrons. The number of ketones is 1. The Labute approximate surface area is 113 Å². The third-order valence-corrected chi connectivity index (χ3v) is 3.30. The highest BCUT2D eigenvalue weighted by atomic mass is 16.1.